The van der Waals surface area contributed by atoms with Crippen LogP contribution in [0.1, 0.15) is 0 Å². The van der Waals surface area contributed by atoms with Crippen molar-refractivity contribution in [2.75, 3.05) is 0 Å². The van der Waals surface area contributed by atoms with Crippen LogP contribution < -0.4 is 0 Å². The van der Waals surface area contributed by atoms with Gasteiger partial charge in [-0.2, -0.15) is 0 Å². The molecule has 400 valence electrons. The Labute approximate surface area is 495 Å². The van der Waals surface area contributed by atoms with Gasteiger partial charge in [-0.15, -0.1) is 0 Å². The Hall–Kier alpha value is -11.5. The Morgan fingerprint density at radius 1 is 0.186 bits per heavy atom. The molecule has 5 heterocycles. The van der Waals surface area contributed by atoms with Crippen LogP contribution in [0.5, 0.6) is 0 Å². The second-order valence-electron chi connectivity index (χ2n) is 22.7. The van der Waals surface area contributed by atoms with Crippen molar-refractivity contribution in [1.29, 1.82) is 0 Å². The summed E-state index contributed by atoms with van der Waals surface area (Å²) in [6.07, 6.45) is 0. The summed E-state index contributed by atoms with van der Waals surface area (Å²) in [5.41, 5.74) is 24.0. The van der Waals surface area contributed by atoms with Crippen molar-refractivity contribution in [2.24, 2.45) is 0 Å². The Kier molecular flexibility index (Phi) is 10.6. The van der Waals surface area contributed by atoms with Gasteiger partial charge in [-0.05, 0) is 155 Å². The molecule has 0 saturated carbocycles. The lowest BCUT2D eigenvalue weighted by Crippen LogP contribution is -1.96. The molecule has 18 rings (SSSR count). The van der Waals surface area contributed by atoms with Gasteiger partial charge >= 0.3 is 0 Å². The second-order valence-corrected chi connectivity index (χ2v) is 22.7. The first-order chi connectivity index (χ1) is 42.6. The Balaban J connectivity index is 0.702. The molecule has 0 radical (unpaired) electrons. The molecule has 13 aromatic carbocycles. The van der Waals surface area contributed by atoms with Crippen LogP contribution in [-0.4, -0.2) is 23.3 Å². The van der Waals surface area contributed by atoms with Crippen molar-refractivity contribution in [3.05, 3.63) is 309 Å². The molecule has 0 aliphatic carbocycles. The Bertz CT molecular complexity index is 5740. The second kappa shape index (κ2) is 19.0. The number of fused-ring (bicyclic) bond motifs is 13. The van der Waals surface area contributed by atoms with Gasteiger partial charge in [-0.1, -0.05) is 188 Å². The van der Waals surface area contributed by atoms with Gasteiger partial charge in [0, 0.05) is 76.8 Å². The van der Waals surface area contributed by atoms with Crippen LogP contribution in [0.4, 0.5) is 0 Å². The van der Waals surface area contributed by atoms with E-state index in [0.717, 1.165) is 56.0 Å². The first-order valence-electron chi connectivity index (χ1n) is 29.5. The molecule has 0 amide bonds. The SMILES string of the molecule is c1ccc(-n2c3ccccc3c3cc(-c4ccc5c6ccccc6n(-c6ccc(-c7cc(-c8ccc(-n9c%10ccccc%10c%10ccc(-c%11ccc%12c(c%11)c%11ccccc%11n%12-c%11ccccc%11)cc%109)cc8)c8ccccc8n7)cc6)c5c4)ccc32)cc1. The minimum absolute atomic E-state index is 0.931. The zero-order valence-corrected chi connectivity index (χ0v) is 46.7. The molecule has 5 nitrogen and oxygen atoms in total. The minimum Gasteiger partial charge on any atom is -0.309 e. The zero-order chi connectivity index (χ0) is 56.4. The average molecular weight is 1090 g/mol. The molecular weight excluding hydrogens is 1040 g/mol. The highest BCUT2D eigenvalue weighted by molar-refractivity contribution is 6.15. The van der Waals surface area contributed by atoms with Crippen LogP contribution in [0, 0.1) is 0 Å². The van der Waals surface area contributed by atoms with Crippen molar-refractivity contribution < 1.29 is 0 Å². The minimum atomic E-state index is 0.931. The largest absolute Gasteiger partial charge is 0.309 e. The summed E-state index contributed by atoms with van der Waals surface area (Å²) in [7, 11) is 0. The molecule has 0 unspecified atom stereocenters. The number of para-hydroxylation sites is 7. The summed E-state index contributed by atoms with van der Waals surface area (Å²) < 4.78 is 9.60. The number of hydrogen-bond donors (Lipinski definition) is 0. The Morgan fingerprint density at radius 2 is 0.500 bits per heavy atom. The summed E-state index contributed by atoms with van der Waals surface area (Å²) in [5, 5.41) is 11.0. The van der Waals surface area contributed by atoms with E-state index >= 15 is 0 Å². The fraction of sp³-hybridized carbons (Fsp3) is 0. The van der Waals surface area contributed by atoms with Gasteiger partial charge in [-0.3, -0.25) is 0 Å². The van der Waals surface area contributed by atoms with E-state index in [1.807, 2.05) is 0 Å². The van der Waals surface area contributed by atoms with Crippen LogP contribution in [0.25, 0.3) is 166 Å². The predicted octanol–water partition coefficient (Wildman–Crippen LogP) is 21.3. The first kappa shape index (κ1) is 48.0. The van der Waals surface area contributed by atoms with Crippen molar-refractivity contribution in [2.45, 2.75) is 0 Å². The predicted molar refractivity (Wildman–Crippen MR) is 361 cm³/mol. The molecule has 18 aromatic rings. The maximum absolute atomic E-state index is 5.32. The lowest BCUT2D eigenvalue weighted by atomic mass is 9.98. The van der Waals surface area contributed by atoms with Gasteiger partial charge in [0.05, 0.1) is 55.3 Å². The summed E-state index contributed by atoms with van der Waals surface area (Å²) >= 11 is 0. The third-order valence-corrected chi connectivity index (χ3v) is 18.0. The molecule has 0 atom stereocenters. The van der Waals surface area contributed by atoms with Crippen LogP contribution >= 0.6 is 0 Å². The molecule has 0 aliphatic rings. The van der Waals surface area contributed by atoms with Gasteiger partial charge in [0.25, 0.3) is 0 Å². The molecule has 0 fully saturated rings. The van der Waals surface area contributed by atoms with Crippen molar-refractivity contribution in [3.8, 4) is 67.4 Å². The highest BCUT2D eigenvalue weighted by Gasteiger charge is 2.20. The molecule has 0 N–H and O–H groups in total. The van der Waals surface area contributed by atoms with E-state index in [4.69, 9.17) is 4.98 Å². The van der Waals surface area contributed by atoms with Crippen molar-refractivity contribution in [3.63, 3.8) is 0 Å². The maximum Gasteiger partial charge on any atom is 0.0715 e. The molecule has 5 heteroatoms. The molecule has 0 spiro atoms. The van der Waals surface area contributed by atoms with Crippen LogP contribution in [0.2, 0.25) is 0 Å². The fourth-order valence-electron chi connectivity index (χ4n) is 14.0. The summed E-state index contributed by atoms with van der Waals surface area (Å²) in [6, 6.07) is 113. The zero-order valence-electron chi connectivity index (χ0n) is 46.7. The highest BCUT2D eigenvalue weighted by Crippen LogP contribution is 2.42. The number of benzene rings is 13. The number of aromatic nitrogens is 5. The van der Waals surface area contributed by atoms with E-state index in [9.17, 15) is 0 Å². The third kappa shape index (κ3) is 7.41. The number of nitrogens with zero attached hydrogens (tertiary/aromatic N) is 5. The maximum atomic E-state index is 5.32. The molecule has 0 bridgehead atoms. The molecule has 5 aromatic heterocycles. The third-order valence-electron chi connectivity index (χ3n) is 18.0. The summed E-state index contributed by atoms with van der Waals surface area (Å²) in [6.45, 7) is 0. The molecule has 86 heavy (non-hydrogen) atoms. The van der Waals surface area contributed by atoms with Crippen molar-refractivity contribution in [1.82, 2.24) is 23.3 Å². The lowest BCUT2D eigenvalue weighted by Gasteiger charge is -2.14. The molecular formula is C81H51N5. The van der Waals surface area contributed by atoms with Gasteiger partial charge in [0.2, 0.25) is 0 Å². The van der Waals surface area contributed by atoms with E-state index < -0.39 is 0 Å². The number of pyridine rings is 1. The van der Waals surface area contributed by atoms with Crippen LogP contribution in [-0.2, 0) is 0 Å². The monoisotopic (exact) mass is 1090 g/mol. The van der Waals surface area contributed by atoms with E-state index in [0.29, 0.717) is 0 Å². The van der Waals surface area contributed by atoms with Crippen molar-refractivity contribution >= 4 is 98.1 Å². The number of hydrogen-bond acceptors (Lipinski definition) is 1. The van der Waals surface area contributed by atoms with Gasteiger partial charge in [0.15, 0.2) is 0 Å². The molecule has 0 aliphatic heterocycles. The Morgan fingerprint density at radius 3 is 0.965 bits per heavy atom. The standard InChI is InChI=1S/C81H51N5/c1-3-17-58(18-4-1)83-76-29-15-10-24-65(76)70-47-54(37-45-78(70)83)56-35-43-67-63-22-8-13-27-74(63)85(80(67)49-56)60-39-31-52(32-40-60)69-51-73(82-72-26-12-7-21-62(69)72)53-33-41-61(42-34-53)86-75-28-14-9-23-64(75)68-44-36-57(50-81(68)86)55-38-46-79-71(48-55)66-25-11-16-30-77(66)84(79)59-19-5-2-6-20-59/h1-51H. The van der Waals surface area contributed by atoms with Gasteiger partial charge < -0.3 is 18.3 Å². The lowest BCUT2D eigenvalue weighted by molar-refractivity contribution is 1.18. The highest BCUT2D eigenvalue weighted by atomic mass is 15.0. The van der Waals surface area contributed by atoms with E-state index in [-0.39, 0.29) is 0 Å². The van der Waals surface area contributed by atoms with Crippen LogP contribution in [0.15, 0.2) is 309 Å². The first-order valence-corrected chi connectivity index (χ1v) is 29.5. The molecule has 0 saturated heterocycles. The van der Waals surface area contributed by atoms with Gasteiger partial charge in [0.1, 0.15) is 0 Å². The number of rotatable bonds is 8. The quantitative estimate of drug-likeness (QED) is 0.149. The summed E-state index contributed by atoms with van der Waals surface area (Å²) in [5.74, 6) is 0. The average Bonchev–Trinajstić information content (AvgIpc) is 1.82. The normalized spacial score (nSPS) is 12.0. The van der Waals surface area contributed by atoms with E-state index in [2.05, 4.69) is 328 Å². The summed E-state index contributed by atoms with van der Waals surface area (Å²) in [4.78, 5) is 5.32. The van der Waals surface area contributed by atoms with Gasteiger partial charge in [-0.25, -0.2) is 4.98 Å². The fourth-order valence-corrected chi connectivity index (χ4v) is 14.0. The van der Waals surface area contributed by atoms with E-state index in [1.165, 1.54) is 109 Å². The topological polar surface area (TPSA) is 32.6 Å². The van der Waals surface area contributed by atoms with Crippen LogP contribution in [0.3, 0.4) is 0 Å². The smallest absolute Gasteiger partial charge is 0.0715 e. The van der Waals surface area contributed by atoms with E-state index in [1.54, 1.807) is 0 Å².